The summed E-state index contributed by atoms with van der Waals surface area (Å²) in [7, 11) is 0. The van der Waals surface area contributed by atoms with Gasteiger partial charge in [-0.25, -0.2) is 4.98 Å². The first-order valence-electron chi connectivity index (χ1n) is 10.5. The van der Waals surface area contributed by atoms with Crippen molar-refractivity contribution < 1.29 is 4.79 Å². The minimum atomic E-state index is 0.129. The number of carbonyl (C=O) groups is 1. The molecule has 1 aromatic heterocycles. The molecule has 1 atom stereocenters. The zero-order chi connectivity index (χ0) is 20.2. The topological polar surface area (TPSA) is 45.2 Å². The van der Waals surface area contributed by atoms with Crippen molar-refractivity contribution in [2.24, 2.45) is 0 Å². The van der Waals surface area contributed by atoms with Gasteiger partial charge < -0.3 is 5.32 Å². The Labute approximate surface area is 177 Å². The van der Waals surface area contributed by atoms with Crippen LogP contribution in [0.1, 0.15) is 41.8 Å². The third kappa shape index (κ3) is 5.03. The van der Waals surface area contributed by atoms with Gasteiger partial charge in [-0.3, -0.25) is 9.69 Å². The quantitative estimate of drug-likeness (QED) is 0.653. The van der Waals surface area contributed by atoms with Crippen molar-refractivity contribution in [3.05, 3.63) is 64.7 Å². The lowest BCUT2D eigenvalue weighted by Gasteiger charge is -2.30. The van der Waals surface area contributed by atoms with E-state index < -0.39 is 0 Å². The number of carbonyl (C=O) groups excluding carboxylic acids is 1. The number of nitrogens with one attached hydrogen (secondary N) is 1. The molecule has 1 N–H and O–H groups in total. The number of thiazole rings is 1. The maximum Gasteiger partial charge on any atom is 0.234 e. The zero-order valence-corrected chi connectivity index (χ0v) is 18.0. The van der Waals surface area contributed by atoms with Gasteiger partial charge in [0, 0.05) is 12.0 Å². The van der Waals surface area contributed by atoms with Gasteiger partial charge in [-0.05, 0) is 69.5 Å². The van der Waals surface area contributed by atoms with Gasteiger partial charge in [0.25, 0.3) is 0 Å². The van der Waals surface area contributed by atoms with E-state index in [1.54, 1.807) is 0 Å². The number of piperidine rings is 1. The summed E-state index contributed by atoms with van der Waals surface area (Å²) in [5.74, 6) is 0.649. The first-order valence-corrected chi connectivity index (χ1v) is 11.3. The monoisotopic (exact) mass is 407 g/mol. The molecule has 0 radical (unpaired) electrons. The third-order valence-corrected chi connectivity index (χ3v) is 7.01. The first kappa shape index (κ1) is 20.0. The van der Waals surface area contributed by atoms with Crippen molar-refractivity contribution in [1.29, 1.82) is 0 Å². The van der Waals surface area contributed by atoms with Gasteiger partial charge in [-0.15, -0.1) is 11.3 Å². The fourth-order valence-electron chi connectivity index (χ4n) is 4.15. The Bertz CT molecular complexity index is 942. The fourth-order valence-corrected chi connectivity index (χ4v) is 5.28. The molecule has 1 unspecified atom stereocenters. The number of fused-ring (bicyclic) bond motifs is 1. The van der Waals surface area contributed by atoms with E-state index >= 15 is 0 Å². The number of nitrogens with zero attached hydrogens (tertiary/aromatic N) is 2. The SMILES string of the molecule is Cc1ccccc1CC(C)NC(=O)CN1CCC(c2nc3ccccc3s2)CC1. The molecule has 152 valence electrons. The van der Waals surface area contributed by atoms with E-state index in [0.717, 1.165) is 37.9 Å². The van der Waals surface area contributed by atoms with Gasteiger partial charge in [-0.1, -0.05) is 36.4 Å². The van der Waals surface area contributed by atoms with Crippen LogP contribution in [-0.4, -0.2) is 41.5 Å². The Balaban J connectivity index is 1.24. The highest BCUT2D eigenvalue weighted by molar-refractivity contribution is 7.18. The highest BCUT2D eigenvalue weighted by Crippen LogP contribution is 2.33. The number of aryl methyl sites for hydroxylation is 1. The van der Waals surface area contributed by atoms with Gasteiger partial charge in [-0.2, -0.15) is 0 Å². The summed E-state index contributed by atoms with van der Waals surface area (Å²) in [6.07, 6.45) is 3.02. The number of para-hydroxylation sites is 1. The summed E-state index contributed by atoms with van der Waals surface area (Å²) >= 11 is 1.82. The van der Waals surface area contributed by atoms with Crippen molar-refractivity contribution in [3.63, 3.8) is 0 Å². The van der Waals surface area contributed by atoms with Crippen LogP contribution in [0, 0.1) is 6.92 Å². The molecule has 0 aliphatic carbocycles. The Morgan fingerprint density at radius 3 is 2.66 bits per heavy atom. The summed E-state index contributed by atoms with van der Waals surface area (Å²) < 4.78 is 1.27. The Kier molecular flexibility index (Phi) is 6.26. The average molecular weight is 408 g/mol. The predicted molar refractivity (Wildman–Crippen MR) is 121 cm³/mol. The largest absolute Gasteiger partial charge is 0.352 e. The molecular formula is C24H29N3OS. The van der Waals surface area contributed by atoms with E-state index in [2.05, 4.69) is 66.5 Å². The van der Waals surface area contributed by atoms with Crippen LogP contribution in [-0.2, 0) is 11.2 Å². The van der Waals surface area contributed by atoms with Crippen LogP contribution in [0.25, 0.3) is 10.2 Å². The second kappa shape index (κ2) is 9.06. The molecule has 5 heteroatoms. The lowest BCUT2D eigenvalue weighted by atomic mass is 9.97. The minimum absolute atomic E-state index is 0.129. The Morgan fingerprint density at radius 1 is 1.17 bits per heavy atom. The normalized spacial score (nSPS) is 16.8. The highest BCUT2D eigenvalue weighted by atomic mass is 32.1. The number of amides is 1. The van der Waals surface area contributed by atoms with E-state index in [-0.39, 0.29) is 11.9 Å². The Hall–Kier alpha value is -2.24. The second-order valence-electron chi connectivity index (χ2n) is 8.17. The van der Waals surface area contributed by atoms with Gasteiger partial charge in [0.15, 0.2) is 0 Å². The van der Waals surface area contributed by atoms with Crippen LogP contribution in [0.2, 0.25) is 0 Å². The summed E-state index contributed by atoms with van der Waals surface area (Å²) in [5.41, 5.74) is 3.69. The van der Waals surface area contributed by atoms with Crippen LogP contribution in [0.15, 0.2) is 48.5 Å². The van der Waals surface area contributed by atoms with Gasteiger partial charge in [0.05, 0.1) is 21.8 Å². The molecule has 1 amide bonds. The molecular weight excluding hydrogens is 378 g/mol. The Morgan fingerprint density at radius 2 is 1.90 bits per heavy atom. The van der Waals surface area contributed by atoms with Crippen LogP contribution in [0.3, 0.4) is 0 Å². The summed E-state index contributed by atoms with van der Waals surface area (Å²) in [6, 6.07) is 16.9. The molecule has 0 saturated carbocycles. The molecule has 2 heterocycles. The molecule has 1 saturated heterocycles. The molecule has 4 nitrogen and oxygen atoms in total. The third-order valence-electron chi connectivity index (χ3n) is 5.81. The van der Waals surface area contributed by atoms with E-state index in [1.807, 2.05) is 17.4 Å². The van der Waals surface area contributed by atoms with E-state index in [0.29, 0.717) is 12.5 Å². The second-order valence-corrected chi connectivity index (χ2v) is 9.23. The lowest BCUT2D eigenvalue weighted by molar-refractivity contribution is -0.123. The molecule has 29 heavy (non-hydrogen) atoms. The fraction of sp³-hybridized carbons (Fsp3) is 0.417. The number of hydrogen-bond acceptors (Lipinski definition) is 4. The van der Waals surface area contributed by atoms with Gasteiger partial charge >= 0.3 is 0 Å². The maximum atomic E-state index is 12.5. The predicted octanol–water partition coefficient (Wildman–Crippen LogP) is 4.53. The molecule has 1 aliphatic rings. The van der Waals surface area contributed by atoms with Crippen LogP contribution >= 0.6 is 11.3 Å². The molecule has 0 spiro atoms. The average Bonchev–Trinajstić information content (AvgIpc) is 3.14. The molecule has 2 aromatic carbocycles. The number of benzene rings is 2. The zero-order valence-electron chi connectivity index (χ0n) is 17.2. The maximum absolute atomic E-state index is 12.5. The minimum Gasteiger partial charge on any atom is -0.352 e. The molecule has 4 rings (SSSR count). The van der Waals surface area contributed by atoms with Crippen LogP contribution in [0.5, 0.6) is 0 Å². The van der Waals surface area contributed by atoms with Gasteiger partial charge in [0.1, 0.15) is 0 Å². The van der Waals surface area contributed by atoms with Crippen LogP contribution < -0.4 is 5.32 Å². The van der Waals surface area contributed by atoms with Gasteiger partial charge in [0.2, 0.25) is 5.91 Å². The smallest absolute Gasteiger partial charge is 0.234 e. The van der Waals surface area contributed by atoms with Crippen LogP contribution in [0.4, 0.5) is 0 Å². The standard InChI is InChI=1S/C24H29N3OS/c1-17-7-3-4-8-20(17)15-18(2)25-23(28)16-27-13-11-19(12-14-27)24-26-21-9-5-6-10-22(21)29-24/h3-10,18-19H,11-16H2,1-2H3,(H,25,28). The molecule has 1 fully saturated rings. The van der Waals surface area contributed by atoms with Crippen molar-refractivity contribution in [2.45, 2.75) is 45.1 Å². The van der Waals surface area contributed by atoms with Crippen molar-refractivity contribution in [2.75, 3.05) is 19.6 Å². The number of hydrogen-bond donors (Lipinski definition) is 1. The van der Waals surface area contributed by atoms with E-state index in [1.165, 1.54) is 20.8 Å². The van der Waals surface area contributed by atoms with Crippen molar-refractivity contribution in [1.82, 2.24) is 15.2 Å². The first-order chi connectivity index (χ1) is 14.1. The van der Waals surface area contributed by atoms with E-state index in [9.17, 15) is 4.79 Å². The van der Waals surface area contributed by atoms with E-state index in [4.69, 9.17) is 4.98 Å². The lowest BCUT2D eigenvalue weighted by Crippen LogP contribution is -2.44. The number of likely N-dealkylation sites (tertiary alicyclic amines) is 1. The summed E-state index contributed by atoms with van der Waals surface area (Å²) in [4.78, 5) is 19.6. The molecule has 1 aliphatic heterocycles. The van der Waals surface area contributed by atoms with Crippen molar-refractivity contribution >= 4 is 27.5 Å². The number of aromatic nitrogens is 1. The van der Waals surface area contributed by atoms with Crippen molar-refractivity contribution in [3.8, 4) is 0 Å². The molecule has 3 aromatic rings. The summed E-state index contributed by atoms with van der Waals surface area (Å²) in [5, 5.41) is 4.42. The molecule has 0 bridgehead atoms. The number of rotatable bonds is 6. The summed E-state index contributed by atoms with van der Waals surface area (Å²) in [6.45, 7) is 6.62. The highest BCUT2D eigenvalue weighted by Gasteiger charge is 2.24.